The van der Waals surface area contributed by atoms with Crippen molar-refractivity contribution in [3.63, 3.8) is 0 Å². The number of rotatable bonds is 10. The van der Waals surface area contributed by atoms with Crippen molar-refractivity contribution in [3.8, 4) is 0 Å². The van der Waals surface area contributed by atoms with Crippen LogP contribution in [0.1, 0.15) is 69.7 Å². The van der Waals surface area contributed by atoms with E-state index in [4.69, 9.17) is 0 Å². The number of piperazine rings is 1. The third kappa shape index (κ3) is 7.45. The van der Waals surface area contributed by atoms with Crippen molar-refractivity contribution in [1.29, 1.82) is 0 Å². The first-order chi connectivity index (χ1) is 20.3. The number of carbonyl (C=O) groups is 2. The lowest BCUT2D eigenvalue weighted by molar-refractivity contribution is 0.0457. The zero-order chi connectivity index (χ0) is 29.6. The summed E-state index contributed by atoms with van der Waals surface area (Å²) in [4.78, 5) is 36.2. The second kappa shape index (κ2) is 13.9. The summed E-state index contributed by atoms with van der Waals surface area (Å²) < 4.78 is 0. The molecule has 4 atom stereocenters. The molecule has 8 nitrogen and oxygen atoms in total. The van der Waals surface area contributed by atoms with Crippen molar-refractivity contribution in [2.45, 2.75) is 64.3 Å². The Morgan fingerprint density at radius 2 is 1.90 bits per heavy atom. The van der Waals surface area contributed by atoms with Gasteiger partial charge in [0, 0.05) is 61.0 Å². The van der Waals surface area contributed by atoms with Crippen LogP contribution in [0.15, 0.2) is 60.0 Å². The Hall–Kier alpha value is -3.11. The second-order valence-electron chi connectivity index (χ2n) is 12.0. The highest BCUT2D eigenvalue weighted by Gasteiger charge is 2.34. The fourth-order valence-corrected chi connectivity index (χ4v) is 7.10. The van der Waals surface area contributed by atoms with Gasteiger partial charge in [0.2, 0.25) is 0 Å². The molecule has 9 heteroatoms. The Morgan fingerprint density at radius 1 is 1.12 bits per heavy atom. The summed E-state index contributed by atoms with van der Waals surface area (Å²) >= 11 is 1.59. The quantitative estimate of drug-likeness (QED) is 0.330. The third-order valence-electron chi connectivity index (χ3n) is 8.16. The molecule has 0 bridgehead atoms. The van der Waals surface area contributed by atoms with Gasteiger partial charge in [0.15, 0.2) is 0 Å². The van der Waals surface area contributed by atoms with Crippen molar-refractivity contribution in [2.75, 3.05) is 32.7 Å². The van der Waals surface area contributed by atoms with Gasteiger partial charge in [0.05, 0.1) is 18.2 Å². The Kier molecular flexibility index (Phi) is 10.1. The van der Waals surface area contributed by atoms with E-state index < -0.39 is 12.1 Å². The van der Waals surface area contributed by atoms with E-state index in [2.05, 4.69) is 34.4 Å². The van der Waals surface area contributed by atoms with Crippen LogP contribution in [-0.4, -0.2) is 82.6 Å². The van der Waals surface area contributed by atoms with Crippen LogP contribution in [0.5, 0.6) is 0 Å². The highest BCUT2D eigenvalue weighted by atomic mass is 32.1. The minimum atomic E-state index is -0.791. The van der Waals surface area contributed by atoms with Gasteiger partial charge >= 0.3 is 0 Å². The first-order valence-corrected chi connectivity index (χ1v) is 16.0. The first-order valence-electron chi connectivity index (χ1n) is 15.1. The Bertz CT molecular complexity index is 1350. The number of benzene rings is 2. The maximum atomic E-state index is 13.6. The standard InChI is InChI=1S/C33H43N5O3S/c1-22(2)19-37-16-14-34-28(20-37)30(39)27(17-24-9-5-4-6-10-24)36-31(40)25-11-7-12-26(18-25)33(41)38-15-8-13-29(38)32-35-23(3)21-42-32/h4-7,9-12,18,21-22,27-30,34,39H,8,13-17,19-20H2,1-3H3,(H,36,40)/t27-,28+,29+,30-/m0/s1. The number of nitrogens with one attached hydrogen (secondary N) is 2. The van der Waals surface area contributed by atoms with E-state index in [9.17, 15) is 14.7 Å². The number of thiazole rings is 1. The van der Waals surface area contributed by atoms with E-state index in [1.54, 1.807) is 35.6 Å². The zero-order valence-electron chi connectivity index (χ0n) is 24.8. The molecule has 2 amide bonds. The number of hydrogen-bond donors (Lipinski definition) is 3. The highest BCUT2D eigenvalue weighted by Crippen LogP contribution is 2.34. The molecule has 3 heterocycles. The van der Waals surface area contributed by atoms with Gasteiger partial charge in [-0.15, -0.1) is 11.3 Å². The van der Waals surface area contributed by atoms with Crippen LogP contribution in [0.25, 0.3) is 0 Å². The average molecular weight is 590 g/mol. The Balaban J connectivity index is 1.32. The topological polar surface area (TPSA) is 97.8 Å². The first kappa shape index (κ1) is 30.4. The number of aryl methyl sites for hydroxylation is 1. The minimum Gasteiger partial charge on any atom is -0.389 e. The van der Waals surface area contributed by atoms with Crippen molar-refractivity contribution in [1.82, 2.24) is 25.4 Å². The van der Waals surface area contributed by atoms with E-state index in [0.717, 1.165) is 55.3 Å². The van der Waals surface area contributed by atoms with Gasteiger partial charge in [-0.2, -0.15) is 0 Å². The van der Waals surface area contributed by atoms with Crippen molar-refractivity contribution in [3.05, 3.63) is 87.4 Å². The van der Waals surface area contributed by atoms with Crippen LogP contribution in [-0.2, 0) is 6.42 Å². The van der Waals surface area contributed by atoms with E-state index in [-0.39, 0.29) is 23.9 Å². The fourth-order valence-electron chi connectivity index (χ4n) is 6.16. The lowest BCUT2D eigenvalue weighted by Gasteiger charge is -2.39. The summed E-state index contributed by atoms with van der Waals surface area (Å²) in [6, 6.07) is 16.2. The maximum Gasteiger partial charge on any atom is 0.254 e. The molecule has 0 spiro atoms. The van der Waals surface area contributed by atoms with Crippen LogP contribution < -0.4 is 10.6 Å². The molecular formula is C33H43N5O3S. The molecule has 2 aliphatic heterocycles. The summed E-state index contributed by atoms with van der Waals surface area (Å²) in [5, 5.41) is 21.2. The maximum absolute atomic E-state index is 13.6. The number of aliphatic hydroxyl groups is 1. The van der Waals surface area contributed by atoms with Gasteiger partial charge < -0.3 is 25.5 Å². The van der Waals surface area contributed by atoms with E-state index in [1.165, 1.54) is 0 Å². The predicted octanol–water partition coefficient (Wildman–Crippen LogP) is 4.06. The summed E-state index contributed by atoms with van der Waals surface area (Å²) in [7, 11) is 0. The van der Waals surface area contributed by atoms with Gasteiger partial charge in [0.1, 0.15) is 5.01 Å². The number of carbonyl (C=O) groups excluding carboxylic acids is 2. The lowest BCUT2D eigenvalue weighted by atomic mass is 9.94. The number of aromatic nitrogens is 1. The molecule has 2 fully saturated rings. The van der Waals surface area contributed by atoms with Crippen molar-refractivity contribution in [2.24, 2.45) is 5.92 Å². The largest absolute Gasteiger partial charge is 0.389 e. The van der Waals surface area contributed by atoms with Crippen LogP contribution in [0, 0.1) is 12.8 Å². The molecule has 224 valence electrons. The van der Waals surface area contributed by atoms with Gasteiger partial charge in [0.25, 0.3) is 11.8 Å². The fraction of sp³-hybridized carbons (Fsp3) is 0.485. The van der Waals surface area contributed by atoms with Gasteiger partial charge in [-0.1, -0.05) is 50.2 Å². The molecular weight excluding hydrogens is 546 g/mol. The number of likely N-dealkylation sites (tertiary alicyclic amines) is 1. The molecule has 2 aromatic carbocycles. The summed E-state index contributed by atoms with van der Waals surface area (Å²) in [5.41, 5.74) is 2.90. The Morgan fingerprint density at radius 3 is 2.64 bits per heavy atom. The third-order valence-corrected chi connectivity index (χ3v) is 9.22. The second-order valence-corrected chi connectivity index (χ2v) is 12.9. The minimum absolute atomic E-state index is 0.0302. The van der Waals surface area contributed by atoms with Crippen LogP contribution in [0.4, 0.5) is 0 Å². The molecule has 0 radical (unpaired) electrons. The molecule has 0 unspecified atom stereocenters. The van der Waals surface area contributed by atoms with Gasteiger partial charge in [-0.25, -0.2) is 4.98 Å². The number of nitrogens with zero attached hydrogens (tertiary/aromatic N) is 3. The SMILES string of the molecule is Cc1csc([C@H]2CCCN2C(=O)c2cccc(C(=O)N[C@@H](Cc3ccccc3)[C@H](O)[C@H]3CN(CC(C)C)CCN3)c2)n1. The molecule has 2 aliphatic rings. The van der Waals surface area contributed by atoms with E-state index >= 15 is 0 Å². The molecule has 5 rings (SSSR count). The summed E-state index contributed by atoms with van der Waals surface area (Å²) in [6.45, 7) is 10.5. The van der Waals surface area contributed by atoms with Crippen LogP contribution in [0.2, 0.25) is 0 Å². The summed E-state index contributed by atoms with van der Waals surface area (Å²) in [5.74, 6) is 0.155. The number of aliphatic hydroxyl groups excluding tert-OH is 1. The molecule has 2 saturated heterocycles. The lowest BCUT2D eigenvalue weighted by Crippen LogP contribution is -2.61. The van der Waals surface area contributed by atoms with Crippen molar-refractivity contribution >= 4 is 23.2 Å². The molecule has 3 N–H and O–H groups in total. The van der Waals surface area contributed by atoms with E-state index in [1.807, 2.05) is 47.5 Å². The molecule has 1 aromatic heterocycles. The molecule has 0 aliphatic carbocycles. The smallest absolute Gasteiger partial charge is 0.254 e. The van der Waals surface area contributed by atoms with Gasteiger partial charge in [-0.3, -0.25) is 9.59 Å². The predicted molar refractivity (Wildman–Crippen MR) is 167 cm³/mol. The average Bonchev–Trinajstić information content (AvgIpc) is 3.65. The molecule has 42 heavy (non-hydrogen) atoms. The number of amides is 2. The van der Waals surface area contributed by atoms with Crippen LogP contribution >= 0.6 is 11.3 Å². The Labute approximate surface area is 253 Å². The highest BCUT2D eigenvalue weighted by molar-refractivity contribution is 7.09. The number of hydrogen-bond acceptors (Lipinski definition) is 7. The monoisotopic (exact) mass is 589 g/mol. The van der Waals surface area contributed by atoms with Crippen LogP contribution in [0.3, 0.4) is 0 Å². The van der Waals surface area contributed by atoms with Crippen molar-refractivity contribution < 1.29 is 14.7 Å². The zero-order valence-corrected chi connectivity index (χ0v) is 25.6. The molecule has 0 saturated carbocycles. The van der Waals surface area contributed by atoms with Gasteiger partial charge in [-0.05, 0) is 55.9 Å². The summed E-state index contributed by atoms with van der Waals surface area (Å²) in [6.07, 6.45) is 1.53. The molecule has 3 aromatic rings. The van der Waals surface area contributed by atoms with E-state index in [0.29, 0.717) is 30.0 Å². The normalized spacial score (nSPS) is 20.9.